The quantitative estimate of drug-likeness (QED) is 0.450. The Hall–Kier alpha value is -2.50. The second-order valence-corrected chi connectivity index (χ2v) is 7.97. The highest BCUT2D eigenvalue weighted by molar-refractivity contribution is 7.14. The molecule has 3 nitrogen and oxygen atoms in total. The number of hydrogen-bond donors (Lipinski definition) is 0. The standard InChI is InChI=1S/C21H17NO2S2/c1-2-6-15(7-3-1)14-22-18(16-8-4-12-25-16)20-21(24-11-10-23-20)19(22)17-9-5-13-26-17/h1-9,12-13H,10-11,14H2. The zero-order chi connectivity index (χ0) is 17.3. The molecule has 0 amide bonds. The van der Waals surface area contributed by atoms with Gasteiger partial charge in [0.1, 0.15) is 24.6 Å². The van der Waals surface area contributed by atoms with E-state index in [1.54, 1.807) is 22.7 Å². The number of ether oxygens (including phenoxy) is 2. The van der Waals surface area contributed by atoms with Crippen LogP contribution in [0, 0.1) is 0 Å². The molecule has 0 saturated heterocycles. The van der Waals surface area contributed by atoms with Crippen LogP contribution >= 0.6 is 22.7 Å². The summed E-state index contributed by atoms with van der Waals surface area (Å²) in [6, 6.07) is 19.0. The Balaban J connectivity index is 1.78. The normalized spacial score (nSPS) is 13.1. The lowest BCUT2D eigenvalue weighted by Gasteiger charge is -2.16. The van der Waals surface area contributed by atoms with E-state index < -0.39 is 0 Å². The molecule has 0 atom stereocenters. The first-order valence-corrected chi connectivity index (χ1v) is 10.3. The molecule has 3 aromatic heterocycles. The van der Waals surface area contributed by atoms with Crippen molar-refractivity contribution in [3.05, 3.63) is 70.9 Å². The van der Waals surface area contributed by atoms with Gasteiger partial charge < -0.3 is 14.0 Å². The maximum Gasteiger partial charge on any atom is 0.188 e. The van der Waals surface area contributed by atoms with Crippen molar-refractivity contribution in [2.45, 2.75) is 6.54 Å². The minimum Gasteiger partial charge on any atom is -0.484 e. The summed E-state index contributed by atoms with van der Waals surface area (Å²) in [7, 11) is 0. The lowest BCUT2D eigenvalue weighted by Crippen LogP contribution is -2.14. The van der Waals surface area contributed by atoms with E-state index in [-0.39, 0.29) is 0 Å². The molecule has 130 valence electrons. The molecular formula is C21H17NO2S2. The molecule has 0 N–H and O–H groups in total. The molecule has 4 aromatic rings. The van der Waals surface area contributed by atoms with Crippen LogP contribution in [0.25, 0.3) is 21.1 Å². The highest BCUT2D eigenvalue weighted by Crippen LogP contribution is 2.51. The van der Waals surface area contributed by atoms with E-state index >= 15 is 0 Å². The van der Waals surface area contributed by atoms with Gasteiger partial charge in [0.05, 0.1) is 9.75 Å². The van der Waals surface area contributed by atoms with Crippen LogP contribution in [0.5, 0.6) is 11.5 Å². The Morgan fingerprint density at radius 2 is 1.31 bits per heavy atom. The number of hydrogen-bond acceptors (Lipinski definition) is 4. The van der Waals surface area contributed by atoms with Crippen molar-refractivity contribution in [3.8, 4) is 32.6 Å². The molecule has 1 aromatic carbocycles. The molecule has 1 aliphatic rings. The van der Waals surface area contributed by atoms with E-state index in [1.807, 2.05) is 0 Å². The van der Waals surface area contributed by atoms with Crippen molar-refractivity contribution in [1.82, 2.24) is 4.57 Å². The zero-order valence-corrected chi connectivity index (χ0v) is 15.7. The Morgan fingerprint density at radius 1 is 0.731 bits per heavy atom. The second kappa shape index (κ2) is 6.67. The average molecular weight is 380 g/mol. The van der Waals surface area contributed by atoms with Gasteiger partial charge in [0.15, 0.2) is 11.5 Å². The van der Waals surface area contributed by atoms with Crippen molar-refractivity contribution in [2.75, 3.05) is 13.2 Å². The van der Waals surface area contributed by atoms with Crippen molar-refractivity contribution >= 4 is 22.7 Å². The molecule has 0 saturated carbocycles. The van der Waals surface area contributed by atoms with Gasteiger partial charge in [-0.15, -0.1) is 22.7 Å². The summed E-state index contributed by atoms with van der Waals surface area (Å²) in [5, 5.41) is 4.21. The fourth-order valence-corrected chi connectivity index (χ4v) is 4.92. The van der Waals surface area contributed by atoms with Gasteiger partial charge in [0.25, 0.3) is 0 Å². The number of nitrogens with zero attached hydrogens (tertiary/aromatic N) is 1. The van der Waals surface area contributed by atoms with Crippen LogP contribution in [-0.2, 0) is 6.54 Å². The fraction of sp³-hybridized carbons (Fsp3) is 0.143. The number of aromatic nitrogens is 1. The van der Waals surface area contributed by atoms with Crippen LogP contribution in [0.15, 0.2) is 65.4 Å². The lowest BCUT2D eigenvalue weighted by atomic mass is 10.2. The van der Waals surface area contributed by atoms with E-state index in [4.69, 9.17) is 9.47 Å². The largest absolute Gasteiger partial charge is 0.484 e. The first-order chi connectivity index (χ1) is 12.9. The molecule has 0 spiro atoms. The molecule has 5 rings (SSSR count). The fourth-order valence-electron chi connectivity index (χ4n) is 3.37. The minimum absolute atomic E-state index is 0.588. The Kier molecular flexibility index (Phi) is 4.03. The molecule has 0 bridgehead atoms. The Bertz CT molecular complexity index is 941. The molecule has 5 heteroatoms. The van der Waals surface area contributed by atoms with Crippen LogP contribution in [0.3, 0.4) is 0 Å². The van der Waals surface area contributed by atoms with Gasteiger partial charge in [-0.3, -0.25) is 0 Å². The van der Waals surface area contributed by atoms with Crippen molar-refractivity contribution in [3.63, 3.8) is 0 Å². The van der Waals surface area contributed by atoms with Crippen LogP contribution in [0.4, 0.5) is 0 Å². The first kappa shape index (κ1) is 15.7. The number of fused-ring (bicyclic) bond motifs is 1. The third-order valence-corrected chi connectivity index (χ3v) is 6.20. The van der Waals surface area contributed by atoms with Crippen LogP contribution in [0.2, 0.25) is 0 Å². The summed E-state index contributed by atoms with van der Waals surface area (Å²) in [6.07, 6.45) is 0. The predicted molar refractivity (Wildman–Crippen MR) is 108 cm³/mol. The lowest BCUT2D eigenvalue weighted by molar-refractivity contribution is 0.175. The molecule has 26 heavy (non-hydrogen) atoms. The highest BCUT2D eigenvalue weighted by atomic mass is 32.1. The number of rotatable bonds is 4. The summed E-state index contributed by atoms with van der Waals surface area (Å²) in [4.78, 5) is 2.40. The molecule has 0 aliphatic carbocycles. The van der Waals surface area contributed by atoms with E-state index in [9.17, 15) is 0 Å². The smallest absolute Gasteiger partial charge is 0.188 e. The monoisotopic (exact) mass is 379 g/mol. The van der Waals surface area contributed by atoms with E-state index in [2.05, 4.69) is 69.9 Å². The van der Waals surface area contributed by atoms with Gasteiger partial charge in [-0.2, -0.15) is 0 Å². The maximum absolute atomic E-state index is 6.10. The summed E-state index contributed by atoms with van der Waals surface area (Å²) in [6.45, 7) is 1.95. The van der Waals surface area contributed by atoms with Gasteiger partial charge in [0, 0.05) is 6.54 Å². The summed E-state index contributed by atoms with van der Waals surface area (Å²) >= 11 is 3.46. The minimum atomic E-state index is 0.588. The van der Waals surface area contributed by atoms with Crippen LogP contribution in [-0.4, -0.2) is 17.8 Å². The zero-order valence-electron chi connectivity index (χ0n) is 14.1. The van der Waals surface area contributed by atoms with Crippen molar-refractivity contribution in [2.24, 2.45) is 0 Å². The summed E-state index contributed by atoms with van der Waals surface area (Å²) in [5.74, 6) is 1.75. The molecule has 1 aliphatic heterocycles. The molecule has 0 unspecified atom stereocenters. The van der Waals surface area contributed by atoms with Crippen molar-refractivity contribution in [1.29, 1.82) is 0 Å². The molecule has 4 heterocycles. The van der Waals surface area contributed by atoms with Gasteiger partial charge >= 0.3 is 0 Å². The Morgan fingerprint density at radius 3 is 1.81 bits per heavy atom. The second-order valence-electron chi connectivity index (χ2n) is 6.08. The van der Waals surface area contributed by atoms with Gasteiger partial charge in [-0.05, 0) is 28.5 Å². The third-order valence-electron chi connectivity index (χ3n) is 4.44. The number of benzene rings is 1. The summed E-state index contributed by atoms with van der Waals surface area (Å²) < 4.78 is 14.6. The molecule has 0 radical (unpaired) electrons. The van der Waals surface area contributed by atoms with Gasteiger partial charge in [0.2, 0.25) is 0 Å². The third kappa shape index (κ3) is 2.64. The van der Waals surface area contributed by atoms with Gasteiger partial charge in [-0.1, -0.05) is 42.5 Å². The topological polar surface area (TPSA) is 23.4 Å². The first-order valence-electron chi connectivity index (χ1n) is 8.55. The van der Waals surface area contributed by atoms with Crippen LogP contribution < -0.4 is 9.47 Å². The highest BCUT2D eigenvalue weighted by Gasteiger charge is 2.30. The maximum atomic E-state index is 6.10. The van der Waals surface area contributed by atoms with Gasteiger partial charge in [-0.25, -0.2) is 0 Å². The molecule has 0 fully saturated rings. The Labute approximate surface area is 160 Å². The van der Waals surface area contributed by atoms with E-state index in [1.165, 1.54) is 15.3 Å². The number of thiophene rings is 2. The molecular weight excluding hydrogens is 362 g/mol. The van der Waals surface area contributed by atoms with E-state index in [0.29, 0.717) is 13.2 Å². The average Bonchev–Trinajstić information content (AvgIpc) is 3.42. The summed E-state index contributed by atoms with van der Waals surface area (Å²) in [5.41, 5.74) is 3.49. The van der Waals surface area contributed by atoms with Crippen LogP contribution in [0.1, 0.15) is 5.56 Å². The predicted octanol–water partition coefficient (Wildman–Crippen LogP) is 5.76. The SMILES string of the molecule is c1ccc(Cn2c(-c3cccs3)c3c(c2-c2cccs2)OCCO3)cc1. The van der Waals surface area contributed by atoms with Crippen molar-refractivity contribution < 1.29 is 9.47 Å². The van der Waals surface area contributed by atoms with E-state index in [0.717, 1.165) is 29.4 Å².